The summed E-state index contributed by atoms with van der Waals surface area (Å²) >= 11 is 3.91. The molecule has 0 bridgehead atoms. The third-order valence-corrected chi connectivity index (χ3v) is 3.48. The molecule has 1 unspecified atom stereocenters. The van der Waals surface area contributed by atoms with Crippen molar-refractivity contribution in [2.75, 3.05) is 5.75 Å². The third-order valence-electron chi connectivity index (χ3n) is 3.11. The molecule has 6 heteroatoms. The van der Waals surface area contributed by atoms with Crippen LogP contribution in [-0.4, -0.2) is 33.8 Å². The van der Waals surface area contributed by atoms with Gasteiger partial charge in [-0.3, -0.25) is 4.79 Å². The zero-order valence-electron chi connectivity index (χ0n) is 10.8. The van der Waals surface area contributed by atoms with E-state index in [0.717, 1.165) is 16.5 Å². The van der Waals surface area contributed by atoms with Crippen LogP contribution in [-0.2, 0) is 16.0 Å². The number of rotatable bonds is 6. The first kappa shape index (κ1) is 14.5. The topological polar surface area (TPSA) is 82.2 Å². The van der Waals surface area contributed by atoms with Crippen molar-refractivity contribution >= 4 is 35.4 Å². The molecule has 0 aliphatic carbocycles. The Hall–Kier alpha value is -1.95. The lowest BCUT2D eigenvalue weighted by atomic mass is 10.1. The average Bonchev–Trinajstić information content (AvgIpc) is 2.85. The van der Waals surface area contributed by atoms with Gasteiger partial charge in [0.2, 0.25) is 5.91 Å². The van der Waals surface area contributed by atoms with Gasteiger partial charge in [0, 0.05) is 29.3 Å². The Kier molecular flexibility index (Phi) is 4.68. The first-order chi connectivity index (χ1) is 9.61. The number of aryl methyl sites for hydroxylation is 1. The molecule has 0 radical (unpaired) electrons. The number of carboxylic acid groups (broad SMARTS) is 1. The van der Waals surface area contributed by atoms with E-state index in [1.807, 2.05) is 30.5 Å². The molecule has 5 nitrogen and oxygen atoms in total. The minimum absolute atomic E-state index is 0.0775. The van der Waals surface area contributed by atoms with Gasteiger partial charge < -0.3 is 15.4 Å². The van der Waals surface area contributed by atoms with Crippen molar-refractivity contribution in [3.8, 4) is 0 Å². The minimum atomic E-state index is -1.07. The predicted octanol–water partition coefficient (Wildman–Crippen LogP) is 1.60. The fourth-order valence-electron chi connectivity index (χ4n) is 2.04. The van der Waals surface area contributed by atoms with Gasteiger partial charge in [-0.05, 0) is 18.1 Å². The predicted molar refractivity (Wildman–Crippen MR) is 80.0 cm³/mol. The van der Waals surface area contributed by atoms with Crippen LogP contribution in [0.3, 0.4) is 0 Å². The van der Waals surface area contributed by atoms with Crippen molar-refractivity contribution in [3.05, 3.63) is 36.0 Å². The number of fused-ring (bicyclic) bond motifs is 1. The van der Waals surface area contributed by atoms with E-state index in [2.05, 4.69) is 22.9 Å². The van der Waals surface area contributed by atoms with E-state index in [4.69, 9.17) is 5.11 Å². The van der Waals surface area contributed by atoms with Crippen LogP contribution in [0, 0.1) is 0 Å². The van der Waals surface area contributed by atoms with Crippen molar-refractivity contribution in [3.63, 3.8) is 0 Å². The molecule has 1 atom stereocenters. The van der Waals surface area contributed by atoms with Crippen LogP contribution in [0.4, 0.5) is 0 Å². The van der Waals surface area contributed by atoms with Gasteiger partial charge in [0.25, 0.3) is 0 Å². The molecule has 20 heavy (non-hydrogen) atoms. The summed E-state index contributed by atoms with van der Waals surface area (Å²) in [7, 11) is 0. The number of H-pyrrole nitrogens is 1. The van der Waals surface area contributed by atoms with Gasteiger partial charge in [0.05, 0.1) is 0 Å². The number of carboxylic acids is 1. The number of hydrogen-bond acceptors (Lipinski definition) is 3. The second-order valence-electron chi connectivity index (χ2n) is 4.50. The van der Waals surface area contributed by atoms with Crippen molar-refractivity contribution in [1.29, 1.82) is 0 Å². The molecule has 1 aromatic heterocycles. The number of nitrogens with one attached hydrogen (secondary N) is 2. The van der Waals surface area contributed by atoms with Gasteiger partial charge in [-0.15, -0.1) is 0 Å². The number of carbonyl (C=O) groups is 2. The van der Waals surface area contributed by atoms with Crippen LogP contribution in [0.1, 0.15) is 12.0 Å². The smallest absolute Gasteiger partial charge is 0.327 e. The molecule has 2 rings (SSSR count). The molecular weight excluding hydrogens is 276 g/mol. The maximum absolute atomic E-state index is 11.7. The molecular formula is C14H16N2O3S. The van der Waals surface area contributed by atoms with Crippen molar-refractivity contribution in [1.82, 2.24) is 10.3 Å². The molecule has 1 heterocycles. The number of thiol groups is 1. The lowest BCUT2D eigenvalue weighted by Crippen LogP contribution is -2.42. The van der Waals surface area contributed by atoms with Crippen LogP contribution in [0.25, 0.3) is 10.9 Å². The Morgan fingerprint density at radius 2 is 2.10 bits per heavy atom. The summed E-state index contributed by atoms with van der Waals surface area (Å²) < 4.78 is 0. The normalized spacial score (nSPS) is 12.2. The van der Waals surface area contributed by atoms with Gasteiger partial charge >= 0.3 is 5.97 Å². The van der Waals surface area contributed by atoms with E-state index in [-0.39, 0.29) is 18.1 Å². The highest BCUT2D eigenvalue weighted by Gasteiger charge is 2.17. The molecule has 1 amide bonds. The summed E-state index contributed by atoms with van der Waals surface area (Å²) in [6, 6.07) is 6.92. The molecule has 0 saturated carbocycles. The molecule has 106 valence electrons. The van der Waals surface area contributed by atoms with Crippen LogP contribution < -0.4 is 5.32 Å². The number of para-hydroxylation sites is 1. The zero-order chi connectivity index (χ0) is 14.5. The fraction of sp³-hybridized carbons (Fsp3) is 0.286. The van der Waals surface area contributed by atoms with Crippen molar-refractivity contribution in [2.24, 2.45) is 0 Å². The summed E-state index contributed by atoms with van der Waals surface area (Å²) in [5.41, 5.74) is 2.08. The van der Waals surface area contributed by atoms with Gasteiger partial charge in [-0.1, -0.05) is 18.2 Å². The fourth-order valence-corrected chi connectivity index (χ4v) is 2.29. The maximum Gasteiger partial charge on any atom is 0.327 e. The summed E-state index contributed by atoms with van der Waals surface area (Å²) in [5, 5.41) is 12.4. The van der Waals surface area contributed by atoms with Crippen LogP contribution in [0.5, 0.6) is 0 Å². The molecule has 0 aliphatic rings. The Balaban J connectivity index is 1.95. The van der Waals surface area contributed by atoms with Crippen LogP contribution >= 0.6 is 12.6 Å². The average molecular weight is 292 g/mol. The maximum atomic E-state index is 11.7. The van der Waals surface area contributed by atoms with E-state index in [1.165, 1.54) is 0 Å². The highest BCUT2D eigenvalue weighted by molar-refractivity contribution is 7.80. The summed E-state index contributed by atoms with van der Waals surface area (Å²) in [6.45, 7) is 0. The number of aromatic amines is 1. The van der Waals surface area contributed by atoms with E-state index < -0.39 is 12.0 Å². The number of benzene rings is 1. The first-order valence-corrected chi connectivity index (χ1v) is 6.93. The number of hydrogen-bond donors (Lipinski definition) is 4. The highest BCUT2D eigenvalue weighted by atomic mass is 32.1. The SMILES string of the molecule is O=C(CCc1c[nH]c2ccccc12)NC(CS)C(=O)O. The van der Waals surface area contributed by atoms with E-state index in [9.17, 15) is 9.59 Å². The molecule has 0 aliphatic heterocycles. The van der Waals surface area contributed by atoms with E-state index in [1.54, 1.807) is 0 Å². The molecule has 2 aromatic rings. The molecule has 0 spiro atoms. The molecule has 0 saturated heterocycles. The Morgan fingerprint density at radius 1 is 1.35 bits per heavy atom. The van der Waals surface area contributed by atoms with Crippen molar-refractivity contribution in [2.45, 2.75) is 18.9 Å². The second kappa shape index (κ2) is 6.47. The number of carbonyl (C=O) groups excluding carboxylic acids is 1. The van der Waals surface area contributed by atoms with Crippen molar-refractivity contribution < 1.29 is 14.7 Å². The van der Waals surface area contributed by atoms with E-state index in [0.29, 0.717) is 6.42 Å². The quantitative estimate of drug-likeness (QED) is 0.610. The standard InChI is InChI=1S/C14H16N2O3S/c17-13(16-12(8-20)14(18)19)6-5-9-7-15-11-4-2-1-3-10(9)11/h1-4,7,12,15,20H,5-6,8H2,(H,16,17)(H,18,19). The van der Waals surface area contributed by atoms with Crippen LogP contribution in [0.2, 0.25) is 0 Å². The largest absolute Gasteiger partial charge is 0.480 e. The zero-order valence-corrected chi connectivity index (χ0v) is 11.7. The van der Waals surface area contributed by atoms with E-state index >= 15 is 0 Å². The second-order valence-corrected chi connectivity index (χ2v) is 4.87. The Morgan fingerprint density at radius 3 is 2.80 bits per heavy atom. The highest BCUT2D eigenvalue weighted by Crippen LogP contribution is 2.18. The van der Waals surface area contributed by atoms with Gasteiger partial charge in [0.15, 0.2) is 0 Å². The Labute approximate surface area is 121 Å². The summed E-state index contributed by atoms with van der Waals surface area (Å²) in [6.07, 6.45) is 2.69. The van der Waals surface area contributed by atoms with Crippen LogP contribution in [0.15, 0.2) is 30.5 Å². The van der Waals surface area contributed by atoms with Gasteiger partial charge in [-0.2, -0.15) is 12.6 Å². The monoisotopic (exact) mass is 292 g/mol. The number of aromatic nitrogens is 1. The summed E-state index contributed by atoms with van der Waals surface area (Å²) in [4.78, 5) is 25.7. The lowest BCUT2D eigenvalue weighted by molar-refractivity contribution is -0.141. The number of amides is 1. The number of aliphatic carboxylic acids is 1. The third kappa shape index (κ3) is 3.33. The van der Waals surface area contributed by atoms with Gasteiger partial charge in [0.1, 0.15) is 6.04 Å². The lowest BCUT2D eigenvalue weighted by Gasteiger charge is -2.11. The van der Waals surface area contributed by atoms with Gasteiger partial charge in [-0.25, -0.2) is 4.79 Å². The molecule has 0 fully saturated rings. The minimum Gasteiger partial charge on any atom is -0.480 e. The first-order valence-electron chi connectivity index (χ1n) is 6.30. The molecule has 3 N–H and O–H groups in total. The summed E-state index contributed by atoms with van der Waals surface area (Å²) in [5.74, 6) is -1.27. The Bertz CT molecular complexity index is 624. The molecule has 1 aromatic carbocycles.